The van der Waals surface area contributed by atoms with Crippen LogP contribution in [0.2, 0.25) is 0 Å². The smallest absolute Gasteiger partial charge is 0.321 e. The molecule has 8 heteroatoms. The number of carbonyl (C=O) groups is 2. The van der Waals surface area contributed by atoms with Gasteiger partial charge in [-0.05, 0) is 40.8 Å². The summed E-state index contributed by atoms with van der Waals surface area (Å²) < 4.78 is 27.2. The highest BCUT2D eigenvalue weighted by Crippen LogP contribution is 2.49. The van der Waals surface area contributed by atoms with Gasteiger partial charge in [-0.15, -0.1) is 0 Å². The molecule has 0 radical (unpaired) electrons. The van der Waals surface area contributed by atoms with Gasteiger partial charge in [0.2, 0.25) is 0 Å². The Labute approximate surface area is 139 Å². The number of likely N-dealkylation sites (tertiary alicyclic amines) is 1. The Morgan fingerprint density at radius 1 is 1.39 bits per heavy atom. The minimum atomic E-state index is -0.904. The van der Waals surface area contributed by atoms with Crippen molar-refractivity contribution in [1.82, 2.24) is 4.90 Å². The summed E-state index contributed by atoms with van der Waals surface area (Å²) in [7, 11) is 0. The first-order valence-electron chi connectivity index (χ1n) is 7.27. The van der Waals surface area contributed by atoms with E-state index in [1.807, 2.05) is 0 Å². The lowest BCUT2D eigenvalue weighted by atomic mass is 9.81. The van der Waals surface area contributed by atoms with Gasteiger partial charge in [-0.25, -0.2) is 13.6 Å². The average molecular weight is 389 g/mol. The number of hydrogen-bond acceptors (Lipinski definition) is 2. The van der Waals surface area contributed by atoms with Gasteiger partial charge in [-0.1, -0.05) is 6.42 Å². The highest BCUT2D eigenvalue weighted by molar-refractivity contribution is 9.10. The predicted octanol–water partition coefficient (Wildman–Crippen LogP) is 3.45. The second-order valence-corrected chi connectivity index (χ2v) is 6.96. The molecule has 3 rings (SSSR count). The lowest BCUT2D eigenvalue weighted by Gasteiger charge is -2.23. The largest absolute Gasteiger partial charge is 0.481 e. The first-order valence-corrected chi connectivity index (χ1v) is 8.06. The topological polar surface area (TPSA) is 69.6 Å². The Balaban J connectivity index is 1.77. The van der Waals surface area contributed by atoms with E-state index >= 15 is 0 Å². The Kier molecular flexibility index (Phi) is 4.03. The Bertz CT molecular complexity index is 685. The molecule has 1 saturated carbocycles. The molecule has 0 spiro atoms. The number of carbonyl (C=O) groups excluding carboxylic acids is 1. The number of amides is 2. The van der Waals surface area contributed by atoms with Gasteiger partial charge < -0.3 is 15.3 Å². The number of fused-ring (bicyclic) bond motifs is 1. The highest BCUT2D eigenvalue weighted by atomic mass is 79.9. The molecule has 2 aliphatic rings. The Morgan fingerprint density at radius 2 is 2.13 bits per heavy atom. The van der Waals surface area contributed by atoms with Gasteiger partial charge in [0.1, 0.15) is 5.82 Å². The van der Waals surface area contributed by atoms with Crippen LogP contribution in [0.15, 0.2) is 16.6 Å². The summed E-state index contributed by atoms with van der Waals surface area (Å²) in [5, 5.41) is 11.8. The normalized spacial score (nSPS) is 26.2. The van der Waals surface area contributed by atoms with E-state index in [0.29, 0.717) is 13.0 Å². The molecule has 0 unspecified atom stereocenters. The van der Waals surface area contributed by atoms with Gasteiger partial charge in [0.25, 0.3) is 0 Å². The Morgan fingerprint density at radius 3 is 2.78 bits per heavy atom. The third-order valence-electron chi connectivity index (χ3n) is 4.82. The molecule has 1 saturated heterocycles. The minimum Gasteiger partial charge on any atom is -0.481 e. The maximum Gasteiger partial charge on any atom is 0.321 e. The number of nitrogens with one attached hydrogen (secondary N) is 1. The van der Waals surface area contributed by atoms with Crippen LogP contribution in [0, 0.1) is 23.0 Å². The van der Waals surface area contributed by atoms with Crippen LogP contribution in [-0.4, -0.2) is 35.1 Å². The van der Waals surface area contributed by atoms with E-state index in [-0.39, 0.29) is 22.6 Å². The van der Waals surface area contributed by atoms with Crippen molar-refractivity contribution < 1.29 is 23.5 Å². The summed E-state index contributed by atoms with van der Waals surface area (Å²) in [5.74, 6) is -2.44. The zero-order chi connectivity index (χ0) is 16.8. The SMILES string of the molecule is O=C(Nc1cc(F)cc(Br)c1F)N1C[C@@H]2CCC[C@@]2(C(=O)O)C1. The first kappa shape index (κ1) is 16.2. The van der Waals surface area contributed by atoms with Crippen LogP contribution in [0.25, 0.3) is 0 Å². The molecule has 124 valence electrons. The molecular weight excluding hydrogens is 374 g/mol. The monoisotopic (exact) mass is 388 g/mol. The van der Waals surface area contributed by atoms with Crippen molar-refractivity contribution in [2.75, 3.05) is 18.4 Å². The summed E-state index contributed by atoms with van der Waals surface area (Å²) >= 11 is 2.88. The van der Waals surface area contributed by atoms with E-state index in [2.05, 4.69) is 21.2 Å². The van der Waals surface area contributed by atoms with E-state index in [4.69, 9.17) is 0 Å². The lowest BCUT2D eigenvalue weighted by molar-refractivity contribution is -0.149. The van der Waals surface area contributed by atoms with E-state index in [0.717, 1.165) is 25.0 Å². The van der Waals surface area contributed by atoms with Crippen molar-refractivity contribution >= 4 is 33.6 Å². The molecule has 2 fully saturated rings. The van der Waals surface area contributed by atoms with Crippen molar-refractivity contribution in [3.8, 4) is 0 Å². The maximum absolute atomic E-state index is 13.9. The molecule has 23 heavy (non-hydrogen) atoms. The number of aliphatic carboxylic acids is 1. The van der Waals surface area contributed by atoms with Crippen molar-refractivity contribution in [3.05, 3.63) is 28.2 Å². The Hall–Kier alpha value is -1.70. The zero-order valence-electron chi connectivity index (χ0n) is 12.1. The van der Waals surface area contributed by atoms with Crippen LogP contribution in [0.1, 0.15) is 19.3 Å². The van der Waals surface area contributed by atoms with E-state index in [9.17, 15) is 23.5 Å². The van der Waals surface area contributed by atoms with Crippen LogP contribution in [0.4, 0.5) is 19.3 Å². The number of carboxylic acids is 1. The fraction of sp³-hybridized carbons (Fsp3) is 0.467. The maximum atomic E-state index is 13.9. The predicted molar refractivity (Wildman–Crippen MR) is 82.1 cm³/mol. The second-order valence-electron chi connectivity index (χ2n) is 6.11. The van der Waals surface area contributed by atoms with Crippen molar-refractivity contribution in [3.63, 3.8) is 0 Å². The lowest BCUT2D eigenvalue weighted by Crippen LogP contribution is -2.38. The standard InChI is InChI=1S/C15H15BrF2N2O3/c16-10-4-9(17)5-11(12(10)18)19-14(23)20-6-8-2-1-3-15(8,7-20)13(21)22/h4-5,8H,1-3,6-7H2,(H,19,23)(H,21,22)/t8-,15+/m0/s1. The number of rotatable bonds is 2. The van der Waals surface area contributed by atoms with Crippen LogP contribution in [0.3, 0.4) is 0 Å². The number of benzene rings is 1. The summed E-state index contributed by atoms with van der Waals surface area (Å²) in [5.41, 5.74) is -1.18. The van der Waals surface area contributed by atoms with E-state index in [1.165, 1.54) is 4.90 Å². The van der Waals surface area contributed by atoms with Gasteiger partial charge in [-0.3, -0.25) is 4.79 Å². The molecule has 1 aromatic rings. The van der Waals surface area contributed by atoms with Crippen LogP contribution in [-0.2, 0) is 4.79 Å². The van der Waals surface area contributed by atoms with Gasteiger partial charge in [0.15, 0.2) is 5.82 Å². The fourth-order valence-electron chi connectivity index (χ4n) is 3.63. The van der Waals surface area contributed by atoms with E-state index in [1.54, 1.807) is 0 Å². The molecule has 0 bridgehead atoms. The number of nitrogens with zero attached hydrogens (tertiary/aromatic N) is 1. The molecule has 5 nitrogen and oxygen atoms in total. The fourth-order valence-corrected chi connectivity index (χ4v) is 4.07. The number of hydrogen-bond donors (Lipinski definition) is 2. The second kappa shape index (κ2) is 5.74. The summed E-state index contributed by atoms with van der Waals surface area (Å²) in [6.45, 7) is 0.410. The average Bonchev–Trinajstić information content (AvgIpc) is 3.01. The molecular formula is C15H15BrF2N2O3. The van der Waals surface area contributed by atoms with Crippen molar-refractivity contribution in [2.24, 2.45) is 11.3 Å². The van der Waals surface area contributed by atoms with Gasteiger partial charge in [0, 0.05) is 19.2 Å². The quantitative estimate of drug-likeness (QED) is 0.762. The molecule has 2 amide bonds. The van der Waals surface area contributed by atoms with Gasteiger partial charge in [-0.2, -0.15) is 0 Å². The molecule has 1 aliphatic carbocycles. The number of halogens is 3. The number of carboxylic acid groups (broad SMARTS) is 1. The van der Waals surface area contributed by atoms with Crippen LogP contribution < -0.4 is 5.32 Å². The highest BCUT2D eigenvalue weighted by Gasteiger charge is 2.55. The van der Waals surface area contributed by atoms with Crippen LogP contribution in [0.5, 0.6) is 0 Å². The molecule has 1 aliphatic heterocycles. The molecule has 1 heterocycles. The molecule has 1 aromatic carbocycles. The molecule has 2 N–H and O–H groups in total. The third-order valence-corrected chi connectivity index (χ3v) is 5.40. The van der Waals surface area contributed by atoms with Crippen molar-refractivity contribution in [2.45, 2.75) is 19.3 Å². The van der Waals surface area contributed by atoms with E-state index < -0.39 is 29.0 Å². The number of urea groups is 1. The summed E-state index contributed by atoms with van der Waals surface area (Å²) in [4.78, 5) is 25.3. The van der Waals surface area contributed by atoms with Crippen LogP contribution >= 0.6 is 15.9 Å². The molecule has 0 aromatic heterocycles. The molecule has 2 atom stereocenters. The zero-order valence-corrected chi connectivity index (χ0v) is 13.7. The van der Waals surface area contributed by atoms with Crippen molar-refractivity contribution in [1.29, 1.82) is 0 Å². The first-order chi connectivity index (χ1) is 10.8. The van der Waals surface area contributed by atoms with Gasteiger partial charge >= 0.3 is 12.0 Å². The minimum absolute atomic E-state index is 0.0881. The number of anilines is 1. The summed E-state index contributed by atoms with van der Waals surface area (Å²) in [6, 6.07) is 1.24. The van der Waals surface area contributed by atoms with Gasteiger partial charge in [0.05, 0.1) is 15.6 Å². The summed E-state index contributed by atoms with van der Waals surface area (Å²) in [6.07, 6.45) is 2.13. The third kappa shape index (κ3) is 2.69.